The molecule has 0 bridgehead atoms. The first-order valence-electron chi connectivity index (χ1n) is 8.17. The molecular weight excluding hydrogens is 268 g/mol. The number of rotatable bonds is 7. The molecule has 2 aliphatic rings. The highest BCUT2D eigenvalue weighted by Crippen LogP contribution is 2.43. The Morgan fingerprint density at radius 1 is 1.00 bits per heavy atom. The van der Waals surface area contributed by atoms with Crippen molar-refractivity contribution >= 4 is 11.9 Å². The second-order valence-electron chi connectivity index (χ2n) is 6.97. The zero-order chi connectivity index (χ0) is 15.3. The van der Waals surface area contributed by atoms with Crippen LogP contribution >= 0.6 is 0 Å². The van der Waals surface area contributed by atoms with Gasteiger partial charge in [-0.3, -0.25) is 9.59 Å². The molecule has 0 spiro atoms. The van der Waals surface area contributed by atoms with Gasteiger partial charge < -0.3 is 15.7 Å². The summed E-state index contributed by atoms with van der Waals surface area (Å²) >= 11 is 0. The normalized spacial score (nSPS) is 23.1. The summed E-state index contributed by atoms with van der Waals surface area (Å²) in [6.07, 6.45) is 9.30. The van der Waals surface area contributed by atoms with E-state index in [0.29, 0.717) is 13.0 Å². The molecule has 1 amide bonds. The van der Waals surface area contributed by atoms with Crippen molar-refractivity contribution in [2.45, 2.75) is 69.7 Å². The second kappa shape index (κ2) is 6.77. The second-order valence-corrected chi connectivity index (χ2v) is 6.97. The Balaban J connectivity index is 1.82. The Kier molecular flexibility index (Phi) is 5.25. The van der Waals surface area contributed by atoms with Gasteiger partial charge in [-0.15, -0.1) is 0 Å². The minimum absolute atomic E-state index is 0.0537. The van der Waals surface area contributed by atoms with Crippen LogP contribution in [0.15, 0.2) is 0 Å². The van der Waals surface area contributed by atoms with Gasteiger partial charge in [0.25, 0.3) is 0 Å². The summed E-state index contributed by atoms with van der Waals surface area (Å²) in [6.45, 7) is 0.512. The molecule has 5 nitrogen and oxygen atoms in total. The minimum atomic E-state index is -0.761. The molecule has 0 aromatic carbocycles. The van der Waals surface area contributed by atoms with Gasteiger partial charge in [0.05, 0.1) is 6.42 Å². The highest BCUT2D eigenvalue weighted by molar-refractivity contribution is 5.77. The van der Waals surface area contributed by atoms with Gasteiger partial charge >= 0.3 is 5.97 Å². The summed E-state index contributed by atoms with van der Waals surface area (Å²) < 4.78 is 0. The smallest absolute Gasteiger partial charge is 0.303 e. The van der Waals surface area contributed by atoms with E-state index in [4.69, 9.17) is 5.11 Å². The first-order valence-corrected chi connectivity index (χ1v) is 8.17. The van der Waals surface area contributed by atoms with Crippen LogP contribution in [-0.4, -0.2) is 36.1 Å². The zero-order valence-corrected chi connectivity index (χ0v) is 13.0. The maximum atomic E-state index is 12.2. The fourth-order valence-electron chi connectivity index (χ4n) is 3.81. The summed E-state index contributed by atoms with van der Waals surface area (Å²) in [7, 11) is 1.94. The summed E-state index contributed by atoms with van der Waals surface area (Å²) in [5.74, 6) is -0.703. The van der Waals surface area contributed by atoms with Gasteiger partial charge in [0.1, 0.15) is 0 Å². The summed E-state index contributed by atoms with van der Waals surface area (Å²) in [4.78, 5) is 23.2. The van der Waals surface area contributed by atoms with E-state index in [1.807, 2.05) is 7.05 Å². The molecule has 120 valence electrons. The lowest BCUT2D eigenvalue weighted by molar-refractivity contribution is -0.142. The number of carbonyl (C=O) groups excluding carboxylic acids is 1. The average molecular weight is 296 g/mol. The maximum absolute atomic E-state index is 12.2. The lowest BCUT2D eigenvalue weighted by Crippen LogP contribution is -2.50. The molecule has 3 N–H and O–H groups in total. The monoisotopic (exact) mass is 296 g/mol. The molecule has 0 unspecified atom stereocenters. The lowest BCUT2D eigenvalue weighted by Gasteiger charge is -2.41. The molecule has 21 heavy (non-hydrogen) atoms. The topological polar surface area (TPSA) is 78.4 Å². The average Bonchev–Trinajstić information content (AvgIpc) is 2.42. The summed E-state index contributed by atoms with van der Waals surface area (Å²) in [6, 6.07) is 0. The van der Waals surface area contributed by atoms with Gasteiger partial charge in [0.15, 0.2) is 0 Å². The van der Waals surface area contributed by atoms with E-state index in [2.05, 4.69) is 10.6 Å². The van der Waals surface area contributed by atoms with Crippen molar-refractivity contribution in [2.75, 3.05) is 13.6 Å². The number of carbonyl (C=O) groups is 2. The van der Waals surface area contributed by atoms with E-state index in [9.17, 15) is 9.59 Å². The van der Waals surface area contributed by atoms with Crippen LogP contribution < -0.4 is 10.6 Å². The van der Waals surface area contributed by atoms with E-state index in [-0.39, 0.29) is 23.3 Å². The molecule has 0 saturated heterocycles. The quantitative estimate of drug-likeness (QED) is 0.672. The van der Waals surface area contributed by atoms with Crippen molar-refractivity contribution < 1.29 is 14.7 Å². The van der Waals surface area contributed by atoms with Gasteiger partial charge in [-0.25, -0.2) is 0 Å². The van der Waals surface area contributed by atoms with Gasteiger partial charge in [0, 0.05) is 18.5 Å². The Morgan fingerprint density at radius 3 is 2.14 bits per heavy atom. The third-order valence-electron chi connectivity index (χ3n) is 5.44. The predicted molar refractivity (Wildman–Crippen MR) is 81.0 cm³/mol. The molecule has 0 heterocycles. The van der Waals surface area contributed by atoms with Crippen molar-refractivity contribution in [3.8, 4) is 0 Å². The fourth-order valence-corrected chi connectivity index (χ4v) is 3.81. The van der Waals surface area contributed by atoms with Crippen molar-refractivity contribution in [2.24, 2.45) is 5.41 Å². The molecule has 2 fully saturated rings. The third-order valence-corrected chi connectivity index (χ3v) is 5.44. The first kappa shape index (κ1) is 16.3. The van der Waals surface area contributed by atoms with Crippen LogP contribution in [0.5, 0.6) is 0 Å². The lowest BCUT2D eigenvalue weighted by atomic mass is 9.66. The Hall–Kier alpha value is -1.10. The largest absolute Gasteiger partial charge is 0.481 e. The number of hydrogen-bond donors (Lipinski definition) is 3. The molecule has 5 heteroatoms. The van der Waals surface area contributed by atoms with Crippen LogP contribution in [-0.2, 0) is 9.59 Å². The van der Waals surface area contributed by atoms with Gasteiger partial charge in [-0.2, -0.15) is 0 Å². The molecule has 0 aromatic heterocycles. The van der Waals surface area contributed by atoms with Crippen molar-refractivity contribution in [3.63, 3.8) is 0 Å². The Labute approximate surface area is 126 Å². The van der Waals surface area contributed by atoms with Crippen LogP contribution in [0.25, 0.3) is 0 Å². The molecule has 0 aliphatic heterocycles. The van der Waals surface area contributed by atoms with Gasteiger partial charge in [0.2, 0.25) is 5.91 Å². The van der Waals surface area contributed by atoms with Crippen molar-refractivity contribution in [1.29, 1.82) is 0 Å². The Morgan fingerprint density at radius 2 is 1.67 bits per heavy atom. The highest BCUT2D eigenvalue weighted by atomic mass is 16.4. The van der Waals surface area contributed by atoms with Gasteiger partial charge in [-0.05, 0) is 38.1 Å². The number of carboxylic acids is 1. The standard InChI is InChI=1S/C16H28N2O3/c1-17-16(8-3-2-4-9-16)10-13(19)18-12-15(6-5-7-15)11-14(20)21/h17H,2-12H2,1H3,(H,18,19)(H,20,21). The Bertz CT molecular complexity index is 385. The van der Waals surface area contributed by atoms with E-state index in [0.717, 1.165) is 32.1 Å². The van der Waals surface area contributed by atoms with Crippen LogP contribution in [0.1, 0.15) is 64.2 Å². The molecule has 0 aromatic rings. The van der Waals surface area contributed by atoms with Crippen LogP contribution in [0.3, 0.4) is 0 Å². The van der Waals surface area contributed by atoms with Crippen molar-refractivity contribution in [1.82, 2.24) is 10.6 Å². The fraction of sp³-hybridized carbons (Fsp3) is 0.875. The number of aliphatic carboxylic acids is 1. The number of nitrogens with one attached hydrogen (secondary N) is 2. The predicted octanol–water partition coefficient (Wildman–Crippen LogP) is 2.06. The molecule has 2 saturated carbocycles. The van der Waals surface area contributed by atoms with Crippen LogP contribution in [0.4, 0.5) is 0 Å². The maximum Gasteiger partial charge on any atom is 0.303 e. The van der Waals surface area contributed by atoms with Gasteiger partial charge in [-0.1, -0.05) is 25.7 Å². The first-order chi connectivity index (χ1) is 9.99. The number of carboxylic acid groups (broad SMARTS) is 1. The number of amides is 1. The van der Waals surface area contributed by atoms with Crippen LogP contribution in [0.2, 0.25) is 0 Å². The SMILES string of the molecule is CNC1(CC(=O)NCC2(CC(=O)O)CCC2)CCCCC1. The number of hydrogen-bond acceptors (Lipinski definition) is 3. The minimum Gasteiger partial charge on any atom is -0.481 e. The summed E-state index contributed by atoms with van der Waals surface area (Å²) in [5, 5.41) is 15.3. The highest BCUT2D eigenvalue weighted by Gasteiger charge is 2.40. The van der Waals surface area contributed by atoms with E-state index < -0.39 is 5.97 Å². The molecule has 2 aliphatic carbocycles. The molecule has 0 atom stereocenters. The van der Waals surface area contributed by atoms with E-state index >= 15 is 0 Å². The van der Waals surface area contributed by atoms with Crippen LogP contribution in [0, 0.1) is 5.41 Å². The third kappa shape index (κ3) is 4.19. The van der Waals surface area contributed by atoms with E-state index in [1.165, 1.54) is 19.3 Å². The van der Waals surface area contributed by atoms with Crippen molar-refractivity contribution in [3.05, 3.63) is 0 Å². The summed E-state index contributed by atoms with van der Waals surface area (Å²) in [5.41, 5.74) is -0.247. The van der Waals surface area contributed by atoms with E-state index in [1.54, 1.807) is 0 Å². The molecule has 0 radical (unpaired) electrons. The molecular formula is C16H28N2O3. The molecule has 2 rings (SSSR count). The zero-order valence-electron chi connectivity index (χ0n) is 13.0.